The normalized spacial score (nSPS) is 32.0. The van der Waals surface area contributed by atoms with Crippen LogP contribution in [0.3, 0.4) is 0 Å². The number of hydrogen-bond acceptors (Lipinski definition) is 4. The van der Waals surface area contributed by atoms with Gasteiger partial charge < -0.3 is 20.0 Å². The van der Waals surface area contributed by atoms with Crippen molar-refractivity contribution in [1.29, 1.82) is 0 Å². The van der Waals surface area contributed by atoms with Gasteiger partial charge in [0.2, 0.25) is 5.91 Å². The molecule has 3 fully saturated rings. The van der Waals surface area contributed by atoms with Crippen molar-refractivity contribution in [3.63, 3.8) is 0 Å². The molecule has 0 bridgehead atoms. The molecule has 2 amide bonds. The van der Waals surface area contributed by atoms with Crippen molar-refractivity contribution in [3.8, 4) is 0 Å². The fraction of sp³-hybridized carbons (Fsp3) is 0.652. The number of anilines is 2. The number of nitrogens with zero attached hydrogens (tertiary/aromatic N) is 2. The zero-order valence-corrected chi connectivity index (χ0v) is 18.0. The number of piperidine rings is 1. The minimum atomic E-state index is -1.07. The first-order valence-electron chi connectivity index (χ1n) is 11.1. The molecule has 1 saturated carbocycles. The Bertz CT molecular complexity index is 830. The number of aryl methyl sites for hydroxylation is 1. The van der Waals surface area contributed by atoms with E-state index in [9.17, 15) is 14.7 Å². The Morgan fingerprint density at radius 2 is 1.90 bits per heavy atom. The van der Waals surface area contributed by atoms with Crippen LogP contribution in [0.15, 0.2) is 18.2 Å². The third kappa shape index (κ3) is 4.00. The van der Waals surface area contributed by atoms with Crippen LogP contribution in [0, 0.1) is 12.3 Å². The molecule has 1 aliphatic carbocycles. The largest absolute Gasteiger partial charge is 0.465 e. The van der Waals surface area contributed by atoms with Gasteiger partial charge >= 0.3 is 6.09 Å². The van der Waals surface area contributed by atoms with Gasteiger partial charge in [0.05, 0.1) is 11.0 Å². The van der Waals surface area contributed by atoms with E-state index in [0.29, 0.717) is 11.6 Å². The third-order valence-electron chi connectivity index (χ3n) is 7.38. The lowest BCUT2D eigenvalue weighted by molar-refractivity contribution is -0.140. The summed E-state index contributed by atoms with van der Waals surface area (Å²) < 4.78 is 0. The zero-order chi connectivity index (χ0) is 21.5. The Balaban J connectivity index is 1.47. The lowest BCUT2D eigenvalue weighted by Gasteiger charge is -2.42. The molecule has 2 saturated heterocycles. The number of benzene rings is 1. The molecule has 2 aliphatic heterocycles. The summed E-state index contributed by atoms with van der Waals surface area (Å²) in [5.74, 6) is 0.292. The number of rotatable bonds is 3. The molecule has 7 nitrogen and oxygen atoms in total. The van der Waals surface area contributed by atoms with Gasteiger partial charge in [0.1, 0.15) is 0 Å². The standard InChI is InChI=1S/C23H33N3O4/c1-16-14-17(24-21(28)29)4-5-19(16)25-12-3-8-23(15-25)11-13-26(20(23)27)18-6-9-22(2,30)10-7-18/h4-5,14,18,24,30H,3,6-13,15H2,1-2H3,(H,28,29)/t18?,22?,23-/m0/s1. The number of carbonyl (C=O) groups excluding carboxylic acids is 1. The quantitative estimate of drug-likeness (QED) is 0.701. The number of hydrogen-bond donors (Lipinski definition) is 3. The Morgan fingerprint density at radius 1 is 1.17 bits per heavy atom. The summed E-state index contributed by atoms with van der Waals surface area (Å²) in [6, 6.07) is 5.85. The minimum Gasteiger partial charge on any atom is -0.465 e. The number of aliphatic hydroxyl groups is 1. The molecule has 1 aromatic carbocycles. The minimum absolute atomic E-state index is 0.260. The summed E-state index contributed by atoms with van der Waals surface area (Å²) in [4.78, 5) is 28.8. The van der Waals surface area contributed by atoms with Crippen LogP contribution in [0.4, 0.5) is 16.2 Å². The monoisotopic (exact) mass is 415 g/mol. The average Bonchev–Trinajstić information content (AvgIpc) is 2.97. The summed E-state index contributed by atoms with van der Waals surface area (Å²) in [6.45, 7) is 6.34. The van der Waals surface area contributed by atoms with Gasteiger partial charge in [-0.25, -0.2) is 4.79 Å². The molecule has 1 atom stereocenters. The van der Waals surface area contributed by atoms with Gasteiger partial charge in [-0.05, 0) is 82.6 Å². The maximum Gasteiger partial charge on any atom is 0.409 e. The number of nitrogens with one attached hydrogen (secondary N) is 1. The molecule has 2 heterocycles. The number of likely N-dealkylation sites (tertiary alicyclic amines) is 1. The van der Waals surface area contributed by atoms with Gasteiger partial charge in [-0.15, -0.1) is 0 Å². The summed E-state index contributed by atoms with van der Waals surface area (Å²) in [6.07, 6.45) is 5.03. The Morgan fingerprint density at radius 3 is 2.57 bits per heavy atom. The first kappa shape index (κ1) is 21.0. The van der Waals surface area contributed by atoms with Crippen LogP contribution in [-0.4, -0.2) is 58.4 Å². The van der Waals surface area contributed by atoms with E-state index in [0.717, 1.165) is 75.8 Å². The second kappa shape index (κ2) is 7.76. The van der Waals surface area contributed by atoms with Crippen LogP contribution in [0.25, 0.3) is 0 Å². The van der Waals surface area contributed by atoms with Crippen LogP contribution in [-0.2, 0) is 4.79 Å². The van der Waals surface area contributed by atoms with Gasteiger partial charge in [-0.3, -0.25) is 10.1 Å². The number of carbonyl (C=O) groups is 2. The van der Waals surface area contributed by atoms with Gasteiger partial charge in [0.25, 0.3) is 0 Å². The smallest absolute Gasteiger partial charge is 0.409 e. The fourth-order valence-electron chi connectivity index (χ4n) is 5.66. The van der Waals surface area contributed by atoms with E-state index in [1.165, 1.54) is 0 Å². The van der Waals surface area contributed by atoms with E-state index in [-0.39, 0.29) is 11.5 Å². The van der Waals surface area contributed by atoms with E-state index in [1.807, 2.05) is 26.0 Å². The van der Waals surface area contributed by atoms with Crippen LogP contribution in [0.1, 0.15) is 57.4 Å². The SMILES string of the molecule is Cc1cc(NC(=O)O)ccc1N1CCC[C@]2(CCN(C3CCC(C)(O)CC3)C2=O)C1. The van der Waals surface area contributed by atoms with Gasteiger partial charge in [0.15, 0.2) is 0 Å². The number of amides is 2. The van der Waals surface area contributed by atoms with E-state index >= 15 is 0 Å². The van der Waals surface area contributed by atoms with Crippen LogP contribution < -0.4 is 10.2 Å². The van der Waals surface area contributed by atoms with Crippen LogP contribution in [0.2, 0.25) is 0 Å². The maximum absolute atomic E-state index is 13.5. The second-order valence-corrected chi connectivity index (χ2v) is 9.71. The van der Waals surface area contributed by atoms with Crippen molar-refractivity contribution in [3.05, 3.63) is 23.8 Å². The maximum atomic E-state index is 13.5. The number of carboxylic acid groups (broad SMARTS) is 1. The molecule has 1 aromatic rings. The van der Waals surface area contributed by atoms with E-state index in [4.69, 9.17) is 5.11 Å². The van der Waals surface area contributed by atoms with Gasteiger partial charge in [-0.2, -0.15) is 0 Å². The van der Waals surface area contributed by atoms with Crippen molar-refractivity contribution in [2.75, 3.05) is 29.9 Å². The molecule has 0 unspecified atom stereocenters. The molecule has 164 valence electrons. The molecule has 0 radical (unpaired) electrons. The molecule has 30 heavy (non-hydrogen) atoms. The Labute approximate surface area is 178 Å². The van der Waals surface area contributed by atoms with Gasteiger partial charge in [0, 0.05) is 37.1 Å². The second-order valence-electron chi connectivity index (χ2n) is 9.71. The third-order valence-corrected chi connectivity index (χ3v) is 7.38. The molecular weight excluding hydrogens is 382 g/mol. The first-order chi connectivity index (χ1) is 14.2. The zero-order valence-electron chi connectivity index (χ0n) is 18.0. The van der Waals surface area contributed by atoms with Crippen molar-refractivity contribution in [2.45, 2.75) is 70.4 Å². The van der Waals surface area contributed by atoms with Gasteiger partial charge in [-0.1, -0.05) is 0 Å². The summed E-state index contributed by atoms with van der Waals surface area (Å²) in [5, 5.41) is 21.6. The molecule has 1 spiro atoms. The molecular formula is C23H33N3O4. The molecule has 7 heteroatoms. The highest BCUT2D eigenvalue weighted by Gasteiger charge is 2.51. The molecule has 3 aliphatic rings. The Hall–Kier alpha value is -2.28. The lowest BCUT2D eigenvalue weighted by Crippen LogP contribution is -2.50. The van der Waals surface area contributed by atoms with Crippen LogP contribution in [0.5, 0.6) is 0 Å². The van der Waals surface area contributed by atoms with E-state index in [2.05, 4.69) is 15.1 Å². The Kier molecular flexibility index (Phi) is 5.43. The fourth-order valence-corrected chi connectivity index (χ4v) is 5.66. The summed E-state index contributed by atoms with van der Waals surface area (Å²) in [5.41, 5.74) is 1.74. The van der Waals surface area contributed by atoms with E-state index in [1.54, 1.807) is 6.07 Å². The highest BCUT2D eigenvalue weighted by Crippen LogP contribution is 2.44. The summed E-state index contributed by atoms with van der Waals surface area (Å²) >= 11 is 0. The molecule has 3 N–H and O–H groups in total. The first-order valence-corrected chi connectivity index (χ1v) is 11.1. The van der Waals surface area contributed by atoms with Crippen molar-refractivity contribution in [1.82, 2.24) is 4.90 Å². The van der Waals surface area contributed by atoms with Crippen LogP contribution >= 0.6 is 0 Å². The molecule has 0 aromatic heterocycles. The van der Waals surface area contributed by atoms with Crippen molar-refractivity contribution >= 4 is 23.4 Å². The topological polar surface area (TPSA) is 93.1 Å². The van der Waals surface area contributed by atoms with Crippen molar-refractivity contribution < 1.29 is 19.8 Å². The van der Waals surface area contributed by atoms with Crippen molar-refractivity contribution in [2.24, 2.45) is 5.41 Å². The lowest BCUT2D eigenvalue weighted by atomic mass is 9.78. The van der Waals surface area contributed by atoms with E-state index < -0.39 is 11.7 Å². The predicted octanol–water partition coefficient (Wildman–Crippen LogP) is 3.60. The average molecular weight is 416 g/mol. The molecule has 4 rings (SSSR count). The highest BCUT2D eigenvalue weighted by atomic mass is 16.4. The predicted molar refractivity (Wildman–Crippen MR) is 116 cm³/mol. The summed E-state index contributed by atoms with van der Waals surface area (Å²) in [7, 11) is 0. The highest BCUT2D eigenvalue weighted by molar-refractivity contribution is 5.86.